The van der Waals surface area contributed by atoms with Crippen molar-refractivity contribution < 1.29 is 29.0 Å². The minimum atomic E-state index is -1.26. The van der Waals surface area contributed by atoms with Crippen LogP contribution < -0.4 is 5.32 Å². The van der Waals surface area contributed by atoms with Crippen LogP contribution in [0.15, 0.2) is 30.3 Å². The van der Waals surface area contributed by atoms with Gasteiger partial charge in [0.1, 0.15) is 19.1 Å². The highest BCUT2D eigenvalue weighted by Crippen LogP contribution is 2.01. The molecule has 0 spiro atoms. The Morgan fingerprint density at radius 1 is 1.24 bits per heavy atom. The minimum absolute atomic E-state index is 0.0551. The molecule has 0 aromatic heterocycles. The number of hydrogen-bond donors (Lipinski definition) is 2. The number of methoxy groups -OCH3 is 1. The second-order valence-electron chi connectivity index (χ2n) is 4.25. The first-order valence-electron chi connectivity index (χ1n) is 6.23. The number of Topliss-reactive ketones (excluding diaryl/α,β-unsaturated/α-hetero) is 1. The van der Waals surface area contributed by atoms with Crippen molar-refractivity contribution in [3.05, 3.63) is 35.9 Å². The van der Waals surface area contributed by atoms with Gasteiger partial charge < -0.3 is 19.9 Å². The number of benzene rings is 1. The first kappa shape index (κ1) is 16.6. The molecule has 21 heavy (non-hydrogen) atoms. The van der Waals surface area contributed by atoms with Crippen LogP contribution in [0.25, 0.3) is 0 Å². The SMILES string of the molecule is COCC(NC(=O)OCc1ccccc1)C(=O)CC(=O)O. The van der Waals surface area contributed by atoms with Gasteiger partial charge in [0, 0.05) is 7.11 Å². The maximum atomic E-state index is 11.6. The van der Waals surface area contributed by atoms with Crippen LogP contribution in [0.3, 0.4) is 0 Å². The number of nitrogens with one attached hydrogen (secondary N) is 1. The summed E-state index contributed by atoms with van der Waals surface area (Å²) in [5.74, 6) is -1.92. The van der Waals surface area contributed by atoms with Gasteiger partial charge in [-0.15, -0.1) is 0 Å². The molecule has 7 heteroatoms. The van der Waals surface area contributed by atoms with E-state index in [0.717, 1.165) is 5.56 Å². The van der Waals surface area contributed by atoms with Crippen molar-refractivity contribution in [2.75, 3.05) is 13.7 Å². The molecule has 2 N–H and O–H groups in total. The second kappa shape index (κ2) is 8.70. The molecule has 0 saturated heterocycles. The topological polar surface area (TPSA) is 102 Å². The lowest BCUT2D eigenvalue weighted by atomic mass is 10.1. The third-order valence-electron chi connectivity index (χ3n) is 2.55. The largest absolute Gasteiger partial charge is 0.481 e. The van der Waals surface area contributed by atoms with Gasteiger partial charge in [-0.25, -0.2) is 4.79 Å². The Morgan fingerprint density at radius 2 is 1.90 bits per heavy atom. The van der Waals surface area contributed by atoms with Crippen LogP contribution in [-0.4, -0.2) is 42.7 Å². The van der Waals surface area contributed by atoms with Crippen LogP contribution in [0, 0.1) is 0 Å². The lowest BCUT2D eigenvalue weighted by Gasteiger charge is -2.16. The van der Waals surface area contributed by atoms with Gasteiger partial charge in [-0.2, -0.15) is 0 Å². The van der Waals surface area contributed by atoms with Crippen molar-refractivity contribution in [1.82, 2.24) is 5.32 Å². The predicted molar refractivity (Wildman–Crippen MR) is 72.7 cm³/mol. The zero-order valence-corrected chi connectivity index (χ0v) is 11.6. The fourth-order valence-electron chi connectivity index (χ4n) is 1.56. The second-order valence-corrected chi connectivity index (χ2v) is 4.25. The summed E-state index contributed by atoms with van der Waals surface area (Å²) in [5.41, 5.74) is 0.799. The summed E-state index contributed by atoms with van der Waals surface area (Å²) < 4.78 is 9.74. The molecular weight excluding hydrogens is 278 g/mol. The van der Waals surface area contributed by atoms with E-state index < -0.39 is 30.3 Å². The summed E-state index contributed by atoms with van der Waals surface area (Å²) in [6, 6.07) is 7.98. The molecule has 1 aromatic rings. The van der Waals surface area contributed by atoms with Gasteiger partial charge in [0.2, 0.25) is 0 Å². The lowest BCUT2D eigenvalue weighted by Crippen LogP contribution is -2.44. The van der Waals surface area contributed by atoms with Crippen molar-refractivity contribution >= 4 is 17.8 Å². The summed E-state index contributed by atoms with van der Waals surface area (Å²) in [5, 5.41) is 10.9. The lowest BCUT2D eigenvalue weighted by molar-refractivity contribution is -0.141. The maximum absolute atomic E-state index is 11.6. The molecule has 0 aliphatic rings. The van der Waals surface area contributed by atoms with Crippen molar-refractivity contribution in [1.29, 1.82) is 0 Å². The fourth-order valence-corrected chi connectivity index (χ4v) is 1.56. The average Bonchev–Trinajstić information content (AvgIpc) is 2.45. The third kappa shape index (κ3) is 6.53. The van der Waals surface area contributed by atoms with Crippen molar-refractivity contribution in [3.8, 4) is 0 Å². The van der Waals surface area contributed by atoms with E-state index >= 15 is 0 Å². The van der Waals surface area contributed by atoms with Gasteiger partial charge in [-0.05, 0) is 5.56 Å². The summed E-state index contributed by atoms with van der Waals surface area (Å²) in [7, 11) is 1.35. The number of hydrogen-bond acceptors (Lipinski definition) is 5. The molecule has 1 aromatic carbocycles. The number of aliphatic carboxylic acids is 1. The quantitative estimate of drug-likeness (QED) is 0.693. The highest BCUT2D eigenvalue weighted by atomic mass is 16.5. The van der Waals surface area contributed by atoms with Gasteiger partial charge in [-0.3, -0.25) is 9.59 Å². The summed E-state index contributed by atoms with van der Waals surface area (Å²) in [6.45, 7) is -0.0634. The summed E-state index contributed by atoms with van der Waals surface area (Å²) >= 11 is 0. The molecule has 7 nitrogen and oxygen atoms in total. The third-order valence-corrected chi connectivity index (χ3v) is 2.55. The summed E-state index contributed by atoms with van der Waals surface area (Å²) in [4.78, 5) is 33.7. The van der Waals surface area contributed by atoms with Gasteiger partial charge in [0.15, 0.2) is 5.78 Å². The molecular formula is C14H17NO6. The maximum Gasteiger partial charge on any atom is 0.408 e. The van der Waals surface area contributed by atoms with Crippen LogP contribution in [0.4, 0.5) is 4.79 Å². The van der Waals surface area contributed by atoms with Crippen LogP contribution >= 0.6 is 0 Å². The molecule has 1 amide bonds. The van der Waals surface area contributed by atoms with Crippen LogP contribution in [0.5, 0.6) is 0 Å². The van der Waals surface area contributed by atoms with E-state index in [1.807, 2.05) is 6.07 Å². The van der Waals surface area contributed by atoms with Crippen LogP contribution in [-0.2, 0) is 25.7 Å². The first-order chi connectivity index (χ1) is 10.0. The van der Waals surface area contributed by atoms with Gasteiger partial charge >= 0.3 is 12.1 Å². The number of carboxylic acid groups (broad SMARTS) is 1. The normalized spacial score (nSPS) is 11.5. The molecule has 0 saturated carbocycles. The van der Waals surface area contributed by atoms with Crippen molar-refractivity contribution in [2.24, 2.45) is 0 Å². The Bertz CT molecular complexity index is 487. The Morgan fingerprint density at radius 3 is 2.48 bits per heavy atom. The zero-order chi connectivity index (χ0) is 15.7. The molecule has 0 radical (unpaired) electrons. The number of carbonyl (C=O) groups excluding carboxylic acids is 2. The number of carboxylic acids is 1. The Kier molecular flexibility index (Phi) is 6.90. The molecule has 1 unspecified atom stereocenters. The Balaban J connectivity index is 2.48. The molecule has 0 fully saturated rings. The first-order valence-corrected chi connectivity index (χ1v) is 6.23. The molecule has 0 aliphatic heterocycles. The highest BCUT2D eigenvalue weighted by Gasteiger charge is 2.23. The number of alkyl carbamates (subject to hydrolysis) is 1. The fraction of sp³-hybridized carbons (Fsp3) is 0.357. The number of ketones is 1. The van der Waals surface area contributed by atoms with E-state index in [1.165, 1.54) is 7.11 Å². The zero-order valence-electron chi connectivity index (χ0n) is 11.6. The van der Waals surface area contributed by atoms with E-state index in [1.54, 1.807) is 24.3 Å². The van der Waals surface area contributed by atoms with Crippen molar-refractivity contribution in [2.45, 2.75) is 19.1 Å². The van der Waals surface area contributed by atoms with E-state index in [0.29, 0.717) is 0 Å². The number of amides is 1. The van der Waals surface area contributed by atoms with Crippen LogP contribution in [0.1, 0.15) is 12.0 Å². The molecule has 0 aliphatic carbocycles. The van der Waals surface area contributed by atoms with Gasteiger partial charge in [0.05, 0.1) is 6.61 Å². The Labute approximate surface area is 121 Å². The predicted octanol–water partition coefficient (Wildman–Crippen LogP) is 0.972. The molecule has 0 heterocycles. The summed E-state index contributed by atoms with van der Waals surface area (Å²) in [6.07, 6.45) is -1.49. The van der Waals surface area contributed by atoms with E-state index in [-0.39, 0.29) is 13.2 Å². The van der Waals surface area contributed by atoms with Gasteiger partial charge in [-0.1, -0.05) is 30.3 Å². The number of ether oxygens (including phenoxy) is 2. The number of carbonyl (C=O) groups is 3. The Hall–Kier alpha value is -2.41. The molecule has 1 rings (SSSR count). The van der Waals surface area contributed by atoms with E-state index in [9.17, 15) is 14.4 Å². The average molecular weight is 295 g/mol. The molecule has 0 bridgehead atoms. The standard InChI is InChI=1S/C14H17NO6/c1-20-9-11(12(16)7-13(17)18)15-14(19)21-8-10-5-3-2-4-6-10/h2-6,11H,7-9H2,1H3,(H,15,19)(H,17,18). The monoisotopic (exact) mass is 295 g/mol. The molecule has 114 valence electrons. The highest BCUT2D eigenvalue weighted by molar-refractivity contribution is 5.99. The minimum Gasteiger partial charge on any atom is -0.481 e. The smallest absolute Gasteiger partial charge is 0.408 e. The van der Waals surface area contributed by atoms with Crippen LogP contribution in [0.2, 0.25) is 0 Å². The van der Waals surface area contributed by atoms with E-state index in [2.05, 4.69) is 5.32 Å². The van der Waals surface area contributed by atoms with Gasteiger partial charge in [0.25, 0.3) is 0 Å². The van der Waals surface area contributed by atoms with E-state index in [4.69, 9.17) is 14.6 Å². The number of rotatable bonds is 8. The van der Waals surface area contributed by atoms with Crippen molar-refractivity contribution in [3.63, 3.8) is 0 Å². The molecule has 1 atom stereocenters.